The van der Waals surface area contributed by atoms with Crippen LogP contribution < -0.4 is 5.73 Å². The SMILES string of the molecule is CCC(O)(Cc1cnccc1N)c1ccc(F)cn1. The molecule has 0 aliphatic heterocycles. The Morgan fingerprint density at radius 3 is 2.68 bits per heavy atom. The van der Waals surface area contributed by atoms with E-state index in [2.05, 4.69) is 9.97 Å². The number of pyridine rings is 2. The molecule has 0 radical (unpaired) electrons. The van der Waals surface area contributed by atoms with Crippen LogP contribution in [0.15, 0.2) is 36.8 Å². The number of nitrogens with zero attached hydrogens (tertiary/aromatic N) is 2. The number of halogens is 1. The smallest absolute Gasteiger partial charge is 0.141 e. The summed E-state index contributed by atoms with van der Waals surface area (Å²) in [6, 6.07) is 4.46. The molecule has 0 aliphatic carbocycles. The van der Waals surface area contributed by atoms with Crippen molar-refractivity contribution in [3.8, 4) is 0 Å². The Balaban J connectivity index is 2.33. The van der Waals surface area contributed by atoms with Gasteiger partial charge in [0.2, 0.25) is 0 Å². The maximum atomic E-state index is 12.9. The van der Waals surface area contributed by atoms with Gasteiger partial charge in [0.1, 0.15) is 11.4 Å². The Bertz CT molecular complexity index is 559. The van der Waals surface area contributed by atoms with Gasteiger partial charge in [0.15, 0.2) is 0 Å². The van der Waals surface area contributed by atoms with Crippen LogP contribution in [-0.4, -0.2) is 15.1 Å². The molecule has 0 amide bonds. The fourth-order valence-corrected chi connectivity index (χ4v) is 1.95. The van der Waals surface area contributed by atoms with E-state index >= 15 is 0 Å². The van der Waals surface area contributed by atoms with Crippen LogP contribution in [0.4, 0.5) is 10.1 Å². The molecule has 2 aromatic heterocycles. The van der Waals surface area contributed by atoms with Crippen molar-refractivity contribution in [1.82, 2.24) is 9.97 Å². The molecule has 5 heteroatoms. The van der Waals surface area contributed by atoms with Gasteiger partial charge in [0.25, 0.3) is 0 Å². The molecule has 2 aromatic rings. The molecule has 0 aromatic carbocycles. The molecule has 100 valence electrons. The Hall–Kier alpha value is -2.01. The summed E-state index contributed by atoms with van der Waals surface area (Å²) in [5.41, 5.74) is 6.43. The predicted molar refractivity (Wildman–Crippen MR) is 70.7 cm³/mol. The molecule has 0 spiro atoms. The van der Waals surface area contributed by atoms with Crippen molar-refractivity contribution in [2.24, 2.45) is 0 Å². The van der Waals surface area contributed by atoms with E-state index in [0.717, 1.165) is 11.8 Å². The van der Waals surface area contributed by atoms with E-state index in [-0.39, 0.29) is 0 Å². The van der Waals surface area contributed by atoms with Crippen molar-refractivity contribution in [3.63, 3.8) is 0 Å². The lowest BCUT2D eigenvalue weighted by Gasteiger charge is -2.26. The zero-order valence-electron chi connectivity index (χ0n) is 10.7. The van der Waals surface area contributed by atoms with Gasteiger partial charge in [-0.1, -0.05) is 6.92 Å². The van der Waals surface area contributed by atoms with Gasteiger partial charge in [-0.2, -0.15) is 0 Å². The third kappa shape index (κ3) is 2.88. The van der Waals surface area contributed by atoms with E-state index in [1.165, 1.54) is 12.1 Å². The monoisotopic (exact) mass is 261 g/mol. The third-order valence-electron chi connectivity index (χ3n) is 3.21. The fraction of sp³-hybridized carbons (Fsp3) is 0.286. The van der Waals surface area contributed by atoms with Gasteiger partial charge < -0.3 is 10.8 Å². The second kappa shape index (κ2) is 5.32. The first-order valence-electron chi connectivity index (χ1n) is 6.08. The molecule has 0 saturated heterocycles. The molecule has 0 bridgehead atoms. The van der Waals surface area contributed by atoms with E-state index in [9.17, 15) is 9.50 Å². The lowest BCUT2D eigenvalue weighted by atomic mass is 9.88. The number of aromatic nitrogens is 2. The summed E-state index contributed by atoms with van der Waals surface area (Å²) >= 11 is 0. The molecule has 0 aliphatic rings. The van der Waals surface area contributed by atoms with E-state index in [1.54, 1.807) is 18.5 Å². The molecule has 1 unspecified atom stereocenters. The Morgan fingerprint density at radius 1 is 1.32 bits per heavy atom. The van der Waals surface area contributed by atoms with Crippen LogP contribution in [0.25, 0.3) is 0 Å². The maximum absolute atomic E-state index is 12.9. The van der Waals surface area contributed by atoms with Gasteiger partial charge in [-0.25, -0.2) is 4.39 Å². The molecule has 2 rings (SSSR count). The summed E-state index contributed by atoms with van der Waals surface area (Å²) in [5, 5.41) is 10.7. The zero-order valence-corrected chi connectivity index (χ0v) is 10.7. The summed E-state index contributed by atoms with van der Waals surface area (Å²) in [6.45, 7) is 1.84. The summed E-state index contributed by atoms with van der Waals surface area (Å²) in [4.78, 5) is 7.96. The highest BCUT2D eigenvalue weighted by molar-refractivity contribution is 5.45. The highest BCUT2D eigenvalue weighted by Crippen LogP contribution is 2.29. The Morgan fingerprint density at radius 2 is 2.11 bits per heavy atom. The van der Waals surface area contributed by atoms with Crippen LogP contribution in [0.3, 0.4) is 0 Å². The topological polar surface area (TPSA) is 72.0 Å². The van der Waals surface area contributed by atoms with Crippen LogP contribution in [0, 0.1) is 5.82 Å². The fourth-order valence-electron chi connectivity index (χ4n) is 1.95. The zero-order chi connectivity index (χ0) is 13.9. The van der Waals surface area contributed by atoms with E-state index in [0.29, 0.717) is 24.2 Å². The van der Waals surface area contributed by atoms with Crippen molar-refractivity contribution >= 4 is 5.69 Å². The molecule has 19 heavy (non-hydrogen) atoms. The first-order valence-corrected chi connectivity index (χ1v) is 6.08. The first-order chi connectivity index (χ1) is 9.05. The summed E-state index contributed by atoms with van der Waals surface area (Å²) in [7, 11) is 0. The normalized spacial score (nSPS) is 14.1. The maximum Gasteiger partial charge on any atom is 0.141 e. The molecule has 3 N–H and O–H groups in total. The lowest BCUT2D eigenvalue weighted by Crippen LogP contribution is -2.29. The first kappa shape index (κ1) is 13.4. The Labute approximate surface area is 111 Å². The standard InChI is InChI=1S/C14H16FN3O/c1-2-14(19,13-4-3-11(15)9-18-13)7-10-8-17-6-5-12(10)16/h3-6,8-9,19H,2,7H2,1H3,(H2,16,17). The number of nitrogen functional groups attached to an aromatic ring is 1. The number of aliphatic hydroxyl groups is 1. The number of hydrogen-bond acceptors (Lipinski definition) is 4. The molecular formula is C14H16FN3O. The second-order valence-corrected chi connectivity index (χ2v) is 4.50. The van der Waals surface area contributed by atoms with Crippen molar-refractivity contribution in [2.75, 3.05) is 5.73 Å². The van der Waals surface area contributed by atoms with Crippen LogP contribution in [-0.2, 0) is 12.0 Å². The van der Waals surface area contributed by atoms with Crippen molar-refractivity contribution in [2.45, 2.75) is 25.4 Å². The van der Waals surface area contributed by atoms with Crippen LogP contribution >= 0.6 is 0 Å². The second-order valence-electron chi connectivity index (χ2n) is 4.50. The van der Waals surface area contributed by atoms with Crippen LogP contribution in [0.1, 0.15) is 24.6 Å². The summed E-state index contributed by atoms with van der Waals surface area (Å²) < 4.78 is 12.9. The predicted octanol–water partition coefficient (Wildman–Crippen LogP) is 2.04. The number of anilines is 1. The van der Waals surface area contributed by atoms with Crippen molar-refractivity contribution in [1.29, 1.82) is 0 Å². The molecular weight excluding hydrogens is 245 g/mol. The number of hydrogen-bond donors (Lipinski definition) is 2. The Kier molecular flexibility index (Phi) is 3.76. The van der Waals surface area contributed by atoms with Crippen molar-refractivity contribution in [3.05, 3.63) is 53.9 Å². The van der Waals surface area contributed by atoms with Gasteiger partial charge >= 0.3 is 0 Å². The van der Waals surface area contributed by atoms with Gasteiger partial charge in [0, 0.05) is 24.5 Å². The van der Waals surface area contributed by atoms with E-state index < -0.39 is 11.4 Å². The minimum absolute atomic E-state index is 0.293. The summed E-state index contributed by atoms with van der Waals surface area (Å²) in [6.07, 6.45) is 5.06. The molecule has 4 nitrogen and oxygen atoms in total. The molecule has 1 atom stereocenters. The highest BCUT2D eigenvalue weighted by atomic mass is 19.1. The molecule has 2 heterocycles. The van der Waals surface area contributed by atoms with Gasteiger partial charge in [-0.3, -0.25) is 9.97 Å². The van der Waals surface area contributed by atoms with E-state index in [1.807, 2.05) is 6.92 Å². The third-order valence-corrected chi connectivity index (χ3v) is 3.21. The van der Waals surface area contributed by atoms with Crippen molar-refractivity contribution < 1.29 is 9.50 Å². The van der Waals surface area contributed by atoms with E-state index in [4.69, 9.17) is 5.73 Å². The minimum Gasteiger partial charge on any atom is -0.398 e. The van der Waals surface area contributed by atoms with Crippen LogP contribution in [0.5, 0.6) is 0 Å². The largest absolute Gasteiger partial charge is 0.398 e. The minimum atomic E-state index is -1.18. The lowest BCUT2D eigenvalue weighted by molar-refractivity contribution is 0.0283. The van der Waals surface area contributed by atoms with Gasteiger partial charge in [0.05, 0.1) is 11.9 Å². The number of nitrogens with two attached hydrogens (primary N) is 1. The number of rotatable bonds is 4. The highest BCUT2D eigenvalue weighted by Gasteiger charge is 2.29. The average molecular weight is 261 g/mol. The molecule has 0 fully saturated rings. The molecule has 0 saturated carbocycles. The quantitative estimate of drug-likeness (QED) is 0.883. The summed E-state index contributed by atoms with van der Waals surface area (Å²) in [5.74, 6) is -0.428. The van der Waals surface area contributed by atoms with Crippen LogP contribution in [0.2, 0.25) is 0 Å². The van der Waals surface area contributed by atoms with Gasteiger partial charge in [-0.15, -0.1) is 0 Å². The average Bonchev–Trinajstić information content (AvgIpc) is 2.42. The van der Waals surface area contributed by atoms with Gasteiger partial charge in [-0.05, 0) is 30.2 Å².